The van der Waals surface area contributed by atoms with Crippen LogP contribution in [0.1, 0.15) is 18.1 Å². The number of guanidine groups is 1. The molecule has 3 aromatic rings. The third-order valence-corrected chi connectivity index (χ3v) is 3.83. The first kappa shape index (κ1) is 21.7. The molecular formula is C19H21F2IN6. The molecule has 6 nitrogen and oxygen atoms in total. The summed E-state index contributed by atoms with van der Waals surface area (Å²) in [7, 11) is 0. The smallest absolute Gasteiger partial charge is 0.191 e. The number of aliphatic imine (C=N–C) groups is 1. The Hall–Kier alpha value is -2.56. The minimum atomic E-state index is -0.473. The predicted molar refractivity (Wildman–Crippen MR) is 115 cm³/mol. The average molecular weight is 498 g/mol. The largest absolute Gasteiger partial charge is 0.357 e. The van der Waals surface area contributed by atoms with Crippen LogP contribution in [0.25, 0.3) is 11.4 Å². The average Bonchev–Trinajstić information content (AvgIpc) is 3.21. The molecule has 1 aromatic heterocycles. The van der Waals surface area contributed by atoms with E-state index < -0.39 is 11.6 Å². The molecule has 3 N–H and O–H groups in total. The fourth-order valence-corrected chi connectivity index (χ4v) is 2.53. The van der Waals surface area contributed by atoms with Crippen LogP contribution in [-0.2, 0) is 13.1 Å². The number of aromatic nitrogens is 3. The normalized spacial score (nSPS) is 11.0. The van der Waals surface area contributed by atoms with Gasteiger partial charge in [0.1, 0.15) is 18.0 Å². The van der Waals surface area contributed by atoms with E-state index in [9.17, 15) is 8.78 Å². The number of nitrogens with zero attached hydrogens (tertiary/aromatic N) is 3. The molecule has 0 atom stereocenters. The lowest BCUT2D eigenvalue weighted by molar-refractivity contribution is 0.581. The summed E-state index contributed by atoms with van der Waals surface area (Å²) in [6, 6.07) is 11.2. The van der Waals surface area contributed by atoms with E-state index in [0.717, 1.165) is 23.3 Å². The number of nitrogens with one attached hydrogen (secondary N) is 3. The molecule has 148 valence electrons. The van der Waals surface area contributed by atoms with Crippen LogP contribution < -0.4 is 10.6 Å². The fourth-order valence-electron chi connectivity index (χ4n) is 2.53. The molecule has 9 heteroatoms. The van der Waals surface area contributed by atoms with Crippen molar-refractivity contribution in [2.24, 2.45) is 4.99 Å². The summed E-state index contributed by atoms with van der Waals surface area (Å²) in [5.74, 6) is 0.276. The molecule has 0 aliphatic carbocycles. The second-order valence-electron chi connectivity index (χ2n) is 5.82. The molecular weight excluding hydrogens is 477 g/mol. The van der Waals surface area contributed by atoms with Gasteiger partial charge in [0.2, 0.25) is 0 Å². The third-order valence-electron chi connectivity index (χ3n) is 3.83. The number of halogens is 3. The van der Waals surface area contributed by atoms with Crippen LogP contribution in [0.5, 0.6) is 0 Å². The van der Waals surface area contributed by atoms with Gasteiger partial charge in [0.25, 0.3) is 0 Å². The van der Waals surface area contributed by atoms with Crippen molar-refractivity contribution in [1.82, 2.24) is 25.8 Å². The molecule has 0 spiro atoms. The number of benzene rings is 2. The first-order valence-electron chi connectivity index (χ1n) is 8.56. The molecule has 0 unspecified atom stereocenters. The van der Waals surface area contributed by atoms with Crippen LogP contribution in [0, 0.1) is 11.6 Å². The van der Waals surface area contributed by atoms with Crippen LogP contribution in [0.2, 0.25) is 0 Å². The fraction of sp³-hybridized carbons (Fsp3) is 0.211. The Bertz CT molecular complexity index is 915. The van der Waals surface area contributed by atoms with E-state index in [2.05, 4.69) is 30.8 Å². The lowest BCUT2D eigenvalue weighted by Crippen LogP contribution is -2.37. The summed E-state index contributed by atoms with van der Waals surface area (Å²) in [4.78, 5) is 8.64. The van der Waals surface area contributed by atoms with Gasteiger partial charge in [-0.15, -0.1) is 24.0 Å². The molecule has 2 aromatic carbocycles. The lowest BCUT2D eigenvalue weighted by Gasteiger charge is -2.12. The van der Waals surface area contributed by atoms with Crippen LogP contribution in [0.15, 0.2) is 53.8 Å². The first-order chi connectivity index (χ1) is 13.2. The van der Waals surface area contributed by atoms with Gasteiger partial charge in [0.15, 0.2) is 11.8 Å². The van der Waals surface area contributed by atoms with Crippen molar-refractivity contribution in [2.75, 3.05) is 6.54 Å². The number of H-pyrrole nitrogens is 1. The summed E-state index contributed by atoms with van der Waals surface area (Å²) >= 11 is 0. The van der Waals surface area contributed by atoms with Gasteiger partial charge in [-0.3, -0.25) is 5.10 Å². The molecule has 28 heavy (non-hydrogen) atoms. The van der Waals surface area contributed by atoms with Crippen LogP contribution >= 0.6 is 24.0 Å². The zero-order valence-electron chi connectivity index (χ0n) is 15.2. The van der Waals surface area contributed by atoms with E-state index in [1.165, 1.54) is 12.4 Å². The molecule has 0 aliphatic rings. The summed E-state index contributed by atoms with van der Waals surface area (Å²) in [6.45, 7) is 3.14. The Morgan fingerprint density at radius 1 is 1.14 bits per heavy atom. The number of hydrogen-bond donors (Lipinski definition) is 3. The van der Waals surface area contributed by atoms with Crippen molar-refractivity contribution in [3.05, 3.63) is 71.6 Å². The maximum Gasteiger partial charge on any atom is 0.191 e. The van der Waals surface area contributed by atoms with Crippen LogP contribution in [0.4, 0.5) is 8.78 Å². The van der Waals surface area contributed by atoms with Gasteiger partial charge in [-0.2, -0.15) is 5.10 Å². The Labute approximate surface area is 178 Å². The lowest BCUT2D eigenvalue weighted by atomic mass is 10.1. The van der Waals surface area contributed by atoms with Gasteiger partial charge in [-0.25, -0.2) is 18.8 Å². The zero-order valence-corrected chi connectivity index (χ0v) is 17.6. The van der Waals surface area contributed by atoms with E-state index in [4.69, 9.17) is 0 Å². The van der Waals surface area contributed by atoms with E-state index in [0.29, 0.717) is 24.9 Å². The highest BCUT2D eigenvalue weighted by molar-refractivity contribution is 14.0. The van der Waals surface area contributed by atoms with Crippen LogP contribution in [-0.4, -0.2) is 27.7 Å². The van der Waals surface area contributed by atoms with Crippen LogP contribution in [0.3, 0.4) is 0 Å². The minimum absolute atomic E-state index is 0. The number of aromatic amines is 1. The highest BCUT2D eigenvalue weighted by Crippen LogP contribution is 2.16. The molecule has 0 saturated carbocycles. The summed E-state index contributed by atoms with van der Waals surface area (Å²) in [5.41, 5.74) is 2.14. The van der Waals surface area contributed by atoms with E-state index >= 15 is 0 Å². The predicted octanol–water partition coefficient (Wildman–Crippen LogP) is 3.62. The topological polar surface area (TPSA) is 78.0 Å². The standard InChI is InChI=1S/C19H20F2N6.HI/c1-2-22-19(24-11-15-9-16(20)6-7-17(15)21)23-10-13-4-3-5-14(8-13)18-25-12-26-27-18;/h3-9,12H,2,10-11H2,1H3,(H2,22,23,24)(H,25,26,27);1H. The quantitative estimate of drug-likeness (QED) is 0.276. The monoisotopic (exact) mass is 498 g/mol. The highest BCUT2D eigenvalue weighted by atomic mass is 127. The highest BCUT2D eigenvalue weighted by Gasteiger charge is 2.06. The van der Waals surface area contributed by atoms with Gasteiger partial charge in [-0.05, 0) is 36.8 Å². The number of rotatable bonds is 6. The molecule has 0 aliphatic heterocycles. The van der Waals surface area contributed by atoms with Crippen molar-refractivity contribution in [3.63, 3.8) is 0 Å². The summed E-state index contributed by atoms with van der Waals surface area (Å²) in [6.07, 6.45) is 1.46. The van der Waals surface area contributed by atoms with Crippen molar-refractivity contribution in [3.8, 4) is 11.4 Å². The maximum atomic E-state index is 13.8. The minimum Gasteiger partial charge on any atom is -0.357 e. The Morgan fingerprint density at radius 3 is 2.75 bits per heavy atom. The van der Waals surface area contributed by atoms with E-state index in [1.54, 1.807) is 0 Å². The Kier molecular flexibility index (Phi) is 8.30. The van der Waals surface area contributed by atoms with Crippen molar-refractivity contribution in [2.45, 2.75) is 20.0 Å². The molecule has 0 saturated heterocycles. The first-order valence-corrected chi connectivity index (χ1v) is 8.56. The molecule has 0 bridgehead atoms. The van der Waals surface area contributed by atoms with Gasteiger partial charge >= 0.3 is 0 Å². The molecule has 1 heterocycles. The SMILES string of the molecule is CCNC(=NCc1cccc(-c2ncn[nH]2)c1)NCc1cc(F)ccc1F.I. The van der Waals surface area contributed by atoms with E-state index in [1.807, 2.05) is 31.2 Å². The van der Waals surface area contributed by atoms with Gasteiger partial charge < -0.3 is 10.6 Å². The van der Waals surface area contributed by atoms with Gasteiger partial charge in [-0.1, -0.05) is 18.2 Å². The number of hydrogen-bond acceptors (Lipinski definition) is 3. The van der Waals surface area contributed by atoms with Crippen molar-refractivity contribution >= 4 is 29.9 Å². The second-order valence-corrected chi connectivity index (χ2v) is 5.82. The Balaban J connectivity index is 0.00000280. The summed E-state index contributed by atoms with van der Waals surface area (Å²) in [5, 5.41) is 12.8. The maximum absolute atomic E-state index is 13.8. The van der Waals surface area contributed by atoms with Crippen molar-refractivity contribution < 1.29 is 8.78 Å². The summed E-state index contributed by atoms with van der Waals surface area (Å²) < 4.78 is 27.0. The second kappa shape index (κ2) is 10.7. The molecule has 3 rings (SSSR count). The molecule has 0 amide bonds. The third kappa shape index (κ3) is 5.98. The molecule has 0 radical (unpaired) electrons. The van der Waals surface area contributed by atoms with Crippen molar-refractivity contribution in [1.29, 1.82) is 0 Å². The van der Waals surface area contributed by atoms with Gasteiger partial charge in [0, 0.05) is 24.2 Å². The zero-order chi connectivity index (χ0) is 19.1. The van der Waals surface area contributed by atoms with Gasteiger partial charge in [0.05, 0.1) is 6.54 Å². The van der Waals surface area contributed by atoms with E-state index in [-0.39, 0.29) is 36.1 Å². The molecule has 0 fully saturated rings. The Morgan fingerprint density at radius 2 is 2.00 bits per heavy atom.